The maximum Gasteiger partial charge on any atom is 0.244 e. The summed E-state index contributed by atoms with van der Waals surface area (Å²) >= 11 is 3.26. The number of benzene rings is 1. The van der Waals surface area contributed by atoms with Gasteiger partial charge in [-0.2, -0.15) is 5.10 Å². The molecule has 1 unspecified atom stereocenters. The molecule has 0 radical (unpaired) electrons. The summed E-state index contributed by atoms with van der Waals surface area (Å²) in [5, 5.41) is 9.26. The van der Waals surface area contributed by atoms with Crippen LogP contribution in [0.25, 0.3) is 6.08 Å². The summed E-state index contributed by atoms with van der Waals surface area (Å²) in [6, 6.07) is 4.39. The van der Waals surface area contributed by atoms with E-state index in [-0.39, 0.29) is 17.8 Å². The van der Waals surface area contributed by atoms with E-state index in [1.54, 1.807) is 24.5 Å². The molecule has 0 aliphatic carbocycles. The molecule has 1 aromatic carbocycles. The molecule has 0 spiro atoms. The summed E-state index contributed by atoms with van der Waals surface area (Å²) in [6.45, 7) is 1.84. The molecule has 6 heteroatoms. The van der Waals surface area contributed by atoms with Gasteiger partial charge >= 0.3 is 0 Å². The molecule has 1 amide bonds. The van der Waals surface area contributed by atoms with Crippen LogP contribution in [0.15, 0.2) is 41.1 Å². The Morgan fingerprint density at radius 3 is 3.05 bits per heavy atom. The Morgan fingerprint density at radius 1 is 1.55 bits per heavy atom. The Bertz CT molecular complexity index is 625. The summed E-state index contributed by atoms with van der Waals surface area (Å²) < 4.78 is 14.2. The topological polar surface area (TPSA) is 57.8 Å². The van der Waals surface area contributed by atoms with Crippen molar-refractivity contribution in [3.63, 3.8) is 0 Å². The molecular weight excluding hydrogens is 325 g/mol. The standard InChI is InChI=1S/C14H13BrFN3O/c1-9(11-7-17-18-8-11)19-14(20)5-2-10-6-12(15)3-4-13(10)16/h2-9H,1H3,(H,17,18)(H,19,20)/b5-2+. The lowest BCUT2D eigenvalue weighted by Crippen LogP contribution is -2.24. The normalized spacial score (nSPS) is 12.6. The number of hydrogen-bond donors (Lipinski definition) is 2. The van der Waals surface area contributed by atoms with Crippen molar-refractivity contribution < 1.29 is 9.18 Å². The highest BCUT2D eigenvalue weighted by Gasteiger charge is 2.08. The van der Waals surface area contributed by atoms with Crippen molar-refractivity contribution in [3.8, 4) is 0 Å². The van der Waals surface area contributed by atoms with Crippen molar-refractivity contribution in [1.29, 1.82) is 0 Å². The summed E-state index contributed by atoms with van der Waals surface area (Å²) in [7, 11) is 0. The van der Waals surface area contributed by atoms with Crippen LogP contribution in [0.2, 0.25) is 0 Å². The number of halogens is 2. The number of carbonyl (C=O) groups excluding carboxylic acids is 1. The molecule has 0 bridgehead atoms. The average Bonchev–Trinajstić information content (AvgIpc) is 2.94. The molecule has 2 N–H and O–H groups in total. The summed E-state index contributed by atoms with van der Waals surface area (Å²) in [5.41, 5.74) is 1.23. The Balaban J connectivity index is 2.00. The minimum atomic E-state index is -0.375. The van der Waals surface area contributed by atoms with Gasteiger partial charge in [0.2, 0.25) is 5.91 Å². The smallest absolute Gasteiger partial charge is 0.244 e. The molecule has 0 fully saturated rings. The first-order chi connectivity index (χ1) is 9.56. The first-order valence-electron chi connectivity index (χ1n) is 5.98. The number of amides is 1. The van der Waals surface area contributed by atoms with Crippen molar-refractivity contribution in [2.24, 2.45) is 0 Å². The highest BCUT2D eigenvalue weighted by Crippen LogP contribution is 2.16. The number of aromatic amines is 1. The maximum atomic E-state index is 13.5. The zero-order valence-corrected chi connectivity index (χ0v) is 12.3. The van der Waals surface area contributed by atoms with Crippen LogP contribution < -0.4 is 5.32 Å². The van der Waals surface area contributed by atoms with E-state index in [2.05, 4.69) is 31.4 Å². The largest absolute Gasteiger partial charge is 0.346 e. The van der Waals surface area contributed by atoms with Crippen LogP contribution in [0, 0.1) is 5.82 Å². The molecule has 2 aromatic rings. The van der Waals surface area contributed by atoms with Crippen molar-refractivity contribution >= 4 is 27.9 Å². The van der Waals surface area contributed by atoms with Crippen LogP contribution in [-0.4, -0.2) is 16.1 Å². The molecule has 4 nitrogen and oxygen atoms in total. The second kappa shape index (κ2) is 6.47. The fourth-order valence-electron chi connectivity index (χ4n) is 1.65. The van der Waals surface area contributed by atoms with Gasteiger partial charge in [-0.15, -0.1) is 0 Å². The van der Waals surface area contributed by atoms with E-state index in [0.717, 1.165) is 10.0 Å². The van der Waals surface area contributed by atoms with Gasteiger partial charge in [0.25, 0.3) is 0 Å². The zero-order valence-electron chi connectivity index (χ0n) is 10.7. The fourth-order valence-corrected chi connectivity index (χ4v) is 2.03. The molecule has 1 atom stereocenters. The molecular formula is C14H13BrFN3O. The quantitative estimate of drug-likeness (QED) is 0.841. The lowest BCUT2D eigenvalue weighted by atomic mass is 10.2. The van der Waals surface area contributed by atoms with E-state index in [9.17, 15) is 9.18 Å². The number of H-pyrrole nitrogens is 1. The third-order valence-corrected chi connectivity index (χ3v) is 3.24. The molecule has 0 aliphatic heterocycles. The lowest BCUT2D eigenvalue weighted by Gasteiger charge is -2.09. The van der Waals surface area contributed by atoms with Crippen LogP contribution in [0.4, 0.5) is 4.39 Å². The van der Waals surface area contributed by atoms with Crippen molar-refractivity contribution in [1.82, 2.24) is 15.5 Å². The Kier molecular flexibility index (Phi) is 4.68. The first kappa shape index (κ1) is 14.5. The van der Waals surface area contributed by atoms with E-state index >= 15 is 0 Å². The number of aromatic nitrogens is 2. The number of nitrogens with zero attached hydrogens (tertiary/aromatic N) is 1. The van der Waals surface area contributed by atoms with Crippen LogP contribution in [0.3, 0.4) is 0 Å². The van der Waals surface area contributed by atoms with Gasteiger partial charge in [-0.25, -0.2) is 4.39 Å². The zero-order chi connectivity index (χ0) is 14.5. The number of rotatable bonds is 4. The Labute approximate surface area is 124 Å². The predicted molar refractivity (Wildman–Crippen MR) is 78.3 cm³/mol. The van der Waals surface area contributed by atoms with E-state index in [0.29, 0.717) is 5.56 Å². The Hall–Kier alpha value is -1.95. The van der Waals surface area contributed by atoms with Crippen LogP contribution in [-0.2, 0) is 4.79 Å². The van der Waals surface area contributed by atoms with Gasteiger partial charge in [0.1, 0.15) is 5.82 Å². The third-order valence-electron chi connectivity index (χ3n) is 2.75. The van der Waals surface area contributed by atoms with E-state index < -0.39 is 0 Å². The highest BCUT2D eigenvalue weighted by atomic mass is 79.9. The third kappa shape index (κ3) is 3.77. The maximum absolute atomic E-state index is 13.5. The van der Waals surface area contributed by atoms with Crippen molar-refractivity contribution in [2.45, 2.75) is 13.0 Å². The lowest BCUT2D eigenvalue weighted by molar-refractivity contribution is -0.117. The molecule has 20 heavy (non-hydrogen) atoms. The molecule has 1 heterocycles. The molecule has 0 saturated carbocycles. The molecule has 0 saturated heterocycles. The van der Waals surface area contributed by atoms with Crippen LogP contribution >= 0.6 is 15.9 Å². The molecule has 2 rings (SSSR count). The van der Waals surface area contributed by atoms with E-state index in [1.165, 1.54) is 18.2 Å². The minimum absolute atomic E-state index is 0.168. The average molecular weight is 338 g/mol. The number of nitrogens with one attached hydrogen (secondary N) is 2. The van der Waals surface area contributed by atoms with Crippen LogP contribution in [0.5, 0.6) is 0 Å². The minimum Gasteiger partial charge on any atom is -0.346 e. The second-order valence-corrected chi connectivity index (χ2v) is 5.18. The van der Waals surface area contributed by atoms with E-state index in [4.69, 9.17) is 0 Å². The van der Waals surface area contributed by atoms with Gasteiger partial charge in [-0.05, 0) is 31.2 Å². The van der Waals surface area contributed by atoms with Gasteiger partial charge in [0.15, 0.2) is 0 Å². The van der Waals surface area contributed by atoms with E-state index in [1.807, 2.05) is 6.92 Å². The molecule has 104 valence electrons. The van der Waals surface area contributed by atoms with Gasteiger partial charge in [-0.3, -0.25) is 9.89 Å². The summed E-state index contributed by atoms with van der Waals surface area (Å²) in [6.07, 6.45) is 6.10. The highest BCUT2D eigenvalue weighted by molar-refractivity contribution is 9.10. The molecule has 1 aromatic heterocycles. The summed E-state index contributed by atoms with van der Waals surface area (Å²) in [4.78, 5) is 11.8. The molecule has 0 aliphatic rings. The van der Waals surface area contributed by atoms with Crippen molar-refractivity contribution in [2.75, 3.05) is 0 Å². The van der Waals surface area contributed by atoms with Gasteiger partial charge in [-0.1, -0.05) is 15.9 Å². The van der Waals surface area contributed by atoms with Crippen LogP contribution in [0.1, 0.15) is 24.1 Å². The SMILES string of the molecule is CC(NC(=O)/C=C/c1cc(Br)ccc1F)c1cn[nH]c1. The summed E-state index contributed by atoms with van der Waals surface area (Å²) in [5.74, 6) is -0.668. The monoisotopic (exact) mass is 337 g/mol. The predicted octanol–water partition coefficient (Wildman–Crippen LogP) is 3.20. The fraction of sp³-hybridized carbons (Fsp3) is 0.143. The van der Waals surface area contributed by atoms with Crippen molar-refractivity contribution in [3.05, 3.63) is 58.1 Å². The first-order valence-corrected chi connectivity index (χ1v) is 6.78. The number of carbonyl (C=O) groups is 1. The van der Waals surface area contributed by atoms with Gasteiger partial charge < -0.3 is 5.32 Å². The number of hydrogen-bond acceptors (Lipinski definition) is 2. The van der Waals surface area contributed by atoms with Gasteiger partial charge in [0, 0.05) is 27.9 Å². The van der Waals surface area contributed by atoms with Gasteiger partial charge in [0.05, 0.1) is 12.2 Å². The second-order valence-electron chi connectivity index (χ2n) is 4.26. The Morgan fingerprint density at radius 2 is 2.35 bits per heavy atom.